The van der Waals surface area contributed by atoms with Crippen molar-refractivity contribution in [2.75, 3.05) is 20.2 Å². The van der Waals surface area contributed by atoms with Crippen LogP contribution >= 0.6 is 7.92 Å². The summed E-state index contributed by atoms with van der Waals surface area (Å²) in [6.45, 7) is 5.78. The Labute approximate surface area is 213 Å². The third kappa shape index (κ3) is 7.40. The number of carbonyl (C=O) groups excluding carboxylic acids is 3. The van der Waals surface area contributed by atoms with E-state index in [2.05, 4.69) is 10.6 Å². The van der Waals surface area contributed by atoms with E-state index in [1.165, 1.54) is 7.11 Å². The van der Waals surface area contributed by atoms with E-state index < -0.39 is 25.6 Å². The number of nitrogens with one attached hydrogen (secondary N) is 2. The number of ether oxygens (including phenoxy) is 2. The van der Waals surface area contributed by atoms with Crippen molar-refractivity contribution in [3.05, 3.63) is 90.0 Å². The minimum Gasteiger partial charge on any atom is -0.465 e. The van der Waals surface area contributed by atoms with Gasteiger partial charge in [0.1, 0.15) is 5.60 Å². The van der Waals surface area contributed by atoms with Gasteiger partial charge in [-0.25, -0.2) is 9.59 Å². The number of hydrogen-bond acceptors (Lipinski definition) is 5. The molecule has 0 heterocycles. The molecule has 3 aromatic carbocycles. The average molecular weight is 507 g/mol. The highest BCUT2D eigenvalue weighted by Crippen LogP contribution is 2.34. The van der Waals surface area contributed by atoms with Gasteiger partial charge < -0.3 is 20.1 Å². The Morgan fingerprint density at radius 1 is 0.806 bits per heavy atom. The molecule has 0 radical (unpaired) electrons. The second-order valence-electron chi connectivity index (χ2n) is 8.91. The zero-order chi connectivity index (χ0) is 26.1. The first kappa shape index (κ1) is 26.9. The molecule has 0 aliphatic heterocycles. The Bertz CT molecular complexity index is 1150. The number of methoxy groups -OCH3 is 1. The Kier molecular flexibility index (Phi) is 9.20. The number of alkyl carbamates (subject to hydrolysis) is 1. The number of carbonyl (C=O) groups is 3. The van der Waals surface area contributed by atoms with Gasteiger partial charge in [0.25, 0.3) is 5.91 Å². The second-order valence-corrected chi connectivity index (χ2v) is 11.1. The summed E-state index contributed by atoms with van der Waals surface area (Å²) in [6, 6.07) is 24.8. The van der Waals surface area contributed by atoms with Gasteiger partial charge in [-0.1, -0.05) is 60.7 Å². The lowest BCUT2D eigenvalue weighted by Crippen LogP contribution is -2.38. The molecule has 36 heavy (non-hydrogen) atoms. The van der Waals surface area contributed by atoms with E-state index in [0.29, 0.717) is 11.1 Å². The first-order chi connectivity index (χ1) is 17.2. The van der Waals surface area contributed by atoms with Crippen LogP contribution in [0.15, 0.2) is 78.9 Å². The zero-order valence-corrected chi connectivity index (χ0v) is 21.8. The molecule has 2 N–H and O–H groups in total. The highest BCUT2D eigenvalue weighted by molar-refractivity contribution is 7.80. The number of hydrogen-bond donors (Lipinski definition) is 2. The molecule has 0 bridgehead atoms. The Hall–Kier alpha value is -3.70. The van der Waals surface area contributed by atoms with Gasteiger partial charge in [0.05, 0.1) is 12.7 Å². The highest BCUT2D eigenvalue weighted by Gasteiger charge is 2.24. The summed E-state index contributed by atoms with van der Waals surface area (Å²) in [7, 11) is 0.207. The topological polar surface area (TPSA) is 93.7 Å². The Morgan fingerprint density at radius 3 is 1.89 bits per heavy atom. The number of benzene rings is 3. The summed E-state index contributed by atoms with van der Waals surface area (Å²) in [4.78, 5) is 37.4. The van der Waals surface area contributed by atoms with Crippen LogP contribution in [-0.2, 0) is 9.47 Å². The second kappa shape index (κ2) is 12.3. The monoisotopic (exact) mass is 506 g/mol. The molecular formula is C28H31N2O5P. The van der Waals surface area contributed by atoms with Crippen LogP contribution in [0.4, 0.5) is 4.79 Å². The third-order valence-electron chi connectivity index (χ3n) is 5.01. The van der Waals surface area contributed by atoms with Crippen molar-refractivity contribution in [2.45, 2.75) is 26.4 Å². The van der Waals surface area contributed by atoms with E-state index in [1.807, 2.05) is 60.7 Å². The maximum absolute atomic E-state index is 13.0. The maximum Gasteiger partial charge on any atom is 0.407 e. The van der Waals surface area contributed by atoms with Crippen LogP contribution in [0, 0.1) is 0 Å². The van der Waals surface area contributed by atoms with Crippen LogP contribution in [-0.4, -0.2) is 43.8 Å². The summed E-state index contributed by atoms with van der Waals surface area (Å²) in [5.74, 6) is -0.771. The molecule has 0 aliphatic rings. The highest BCUT2D eigenvalue weighted by atomic mass is 31.1. The first-order valence-corrected chi connectivity index (χ1v) is 12.9. The van der Waals surface area contributed by atoms with E-state index in [-0.39, 0.29) is 19.0 Å². The van der Waals surface area contributed by atoms with E-state index in [0.717, 1.165) is 15.9 Å². The number of esters is 1. The maximum atomic E-state index is 13.0. The van der Waals surface area contributed by atoms with Gasteiger partial charge in [-0.05, 0) is 57.5 Å². The molecule has 7 nitrogen and oxygen atoms in total. The molecule has 0 aliphatic carbocycles. The molecule has 0 unspecified atom stereocenters. The summed E-state index contributed by atoms with van der Waals surface area (Å²) >= 11 is 0. The van der Waals surface area contributed by atoms with Crippen molar-refractivity contribution in [3.63, 3.8) is 0 Å². The molecule has 0 aromatic heterocycles. The largest absolute Gasteiger partial charge is 0.465 e. The molecule has 0 fully saturated rings. The van der Waals surface area contributed by atoms with Crippen molar-refractivity contribution < 1.29 is 23.9 Å². The van der Waals surface area contributed by atoms with Gasteiger partial charge in [0, 0.05) is 24.0 Å². The van der Waals surface area contributed by atoms with Gasteiger partial charge in [-0.15, -0.1) is 0 Å². The lowest BCUT2D eigenvalue weighted by molar-refractivity contribution is 0.0525. The fraction of sp³-hybridized carbons (Fsp3) is 0.250. The lowest BCUT2D eigenvalue weighted by atomic mass is 10.1. The first-order valence-electron chi connectivity index (χ1n) is 11.6. The molecule has 188 valence electrons. The summed E-state index contributed by atoms with van der Waals surface area (Å²) in [5.41, 5.74) is 0.231. The quantitative estimate of drug-likeness (QED) is 0.277. The van der Waals surface area contributed by atoms with Crippen molar-refractivity contribution in [1.82, 2.24) is 10.6 Å². The van der Waals surface area contributed by atoms with Crippen molar-refractivity contribution in [1.29, 1.82) is 0 Å². The molecule has 3 rings (SSSR count). The Balaban J connectivity index is 1.87. The fourth-order valence-corrected chi connectivity index (χ4v) is 5.95. The van der Waals surface area contributed by atoms with E-state index >= 15 is 0 Å². The van der Waals surface area contributed by atoms with Crippen LogP contribution in [0.1, 0.15) is 41.5 Å². The molecule has 0 spiro atoms. The van der Waals surface area contributed by atoms with Crippen LogP contribution in [0.3, 0.4) is 0 Å². The van der Waals surface area contributed by atoms with Gasteiger partial charge >= 0.3 is 12.1 Å². The molecule has 2 amide bonds. The van der Waals surface area contributed by atoms with Gasteiger partial charge in [-0.3, -0.25) is 4.79 Å². The number of rotatable bonds is 8. The molecule has 0 saturated carbocycles. The third-order valence-corrected chi connectivity index (χ3v) is 7.49. The van der Waals surface area contributed by atoms with Crippen molar-refractivity contribution in [3.8, 4) is 0 Å². The standard InChI is InChI=1S/C28H31N2O5P/c1-28(2,3)35-27(33)30-18-17-29-25(31)20-15-16-23(26(32)34-4)24(19-20)36(21-11-7-5-8-12-21)22-13-9-6-10-14-22/h5-16,19H,17-18H2,1-4H3,(H,29,31)(H,30,33). The summed E-state index contributed by atoms with van der Waals surface area (Å²) in [5, 5.41) is 8.24. The molecule has 0 atom stereocenters. The summed E-state index contributed by atoms with van der Waals surface area (Å²) in [6.07, 6.45) is -0.544. The smallest absolute Gasteiger partial charge is 0.407 e. The molecular weight excluding hydrogens is 475 g/mol. The van der Waals surface area contributed by atoms with Crippen LogP contribution in [0.25, 0.3) is 0 Å². The van der Waals surface area contributed by atoms with Gasteiger partial charge in [0.2, 0.25) is 0 Å². The van der Waals surface area contributed by atoms with E-state index in [4.69, 9.17) is 9.47 Å². The van der Waals surface area contributed by atoms with Gasteiger partial charge in [0.15, 0.2) is 0 Å². The van der Waals surface area contributed by atoms with Crippen molar-refractivity contribution >= 4 is 41.8 Å². The Morgan fingerprint density at radius 2 is 1.36 bits per heavy atom. The van der Waals surface area contributed by atoms with Crippen LogP contribution < -0.4 is 26.5 Å². The SMILES string of the molecule is COC(=O)c1ccc(C(=O)NCCNC(=O)OC(C)(C)C)cc1P(c1ccccc1)c1ccccc1. The summed E-state index contributed by atoms with van der Waals surface area (Å²) < 4.78 is 10.3. The minimum atomic E-state index is -1.14. The zero-order valence-electron chi connectivity index (χ0n) is 20.9. The van der Waals surface area contributed by atoms with Crippen molar-refractivity contribution in [2.24, 2.45) is 0 Å². The minimum absolute atomic E-state index is 0.217. The normalized spacial score (nSPS) is 11.0. The van der Waals surface area contributed by atoms with E-state index in [9.17, 15) is 14.4 Å². The average Bonchev–Trinajstić information content (AvgIpc) is 2.86. The van der Waals surface area contributed by atoms with E-state index in [1.54, 1.807) is 39.0 Å². The van der Waals surface area contributed by atoms with Crippen LogP contribution in [0.5, 0.6) is 0 Å². The molecule has 0 saturated heterocycles. The molecule has 3 aromatic rings. The number of amides is 2. The fourth-order valence-electron chi connectivity index (χ4n) is 3.48. The predicted molar refractivity (Wildman–Crippen MR) is 143 cm³/mol. The van der Waals surface area contributed by atoms with Gasteiger partial charge in [-0.2, -0.15) is 0 Å². The lowest BCUT2D eigenvalue weighted by Gasteiger charge is -2.22. The van der Waals surface area contributed by atoms with Crippen LogP contribution in [0.2, 0.25) is 0 Å². The molecule has 8 heteroatoms. The predicted octanol–water partition coefficient (Wildman–Crippen LogP) is 3.49.